The van der Waals surface area contributed by atoms with Gasteiger partial charge in [-0.15, -0.1) is 11.3 Å². The highest BCUT2D eigenvalue weighted by Crippen LogP contribution is 2.26. The van der Waals surface area contributed by atoms with Crippen LogP contribution in [0.5, 0.6) is 11.5 Å². The first-order valence-electron chi connectivity index (χ1n) is 7.63. The number of hydrogen-bond acceptors (Lipinski definition) is 4. The molecular weight excluding hydrogens is 344 g/mol. The van der Waals surface area contributed by atoms with E-state index in [1.807, 2.05) is 29.8 Å². The van der Waals surface area contributed by atoms with Crippen molar-refractivity contribution in [2.75, 3.05) is 5.73 Å². The third-order valence-electron chi connectivity index (χ3n) is 3.60. The molecule has 3 rings (SSSR count). The topological polar surface area (TPSA) is 44.5 Å². The Morgan fingerprint density at radius 2 is 1.60 bits per heavy atom. The molecule has 130 valence electrons. The number of rotatable bonds is 6. The van der Waals surface area contributed by atoms with Crippen molar-refractivity contribution in [2.45, 2.75) is 20.1 Å². The van der Waals surface area contributed by atoms with Crippen molar-refractivity contribution in [3.63, 3.8) is 0 Å². The molecule has 6 heteroatoms. The second-order valence-electron chi connectivity index (χ2n) is 5.65. The minimum absolute atomic E-state index is 0.00643. The van der Waals surface area contributed by atoms with E-state index in [2.05, 4.69) is 0 Å². The Morgan fingerprint density at radius 1 is 0.920 bits per heavy atom. The Morgan fingerprint density at radius 3 is 2.20 bits per heavy atom. The number of hydrogen-bond donors (Lipinski definition) is 1. The first-order chi connectivity index (χ1) is 12.0. The number of ether oxygens (including phenoxy) is 2. The Bertz CT molecular complexity index is 880. The normalized spacial score (nSPS) is 10.7. The van der Waals surface area contributed by atoms with Crippen LogP contribution in [0.4, 0.5) is 14.5 Å². The van der Waals surface area contributed by atoms with Crippen molar-refractivity contribution < 1.29 is 18.3 Å². The second-order valence-corrected chi connectivity index (χ2v) is 6.39. The van der Waals surface area contributed by atoms with Crippen molar-refractivity contribution in [1.82, 2.24) is 0 Å². The molecule has 0 fully saturated rings. The zero-order valence-corrected chi connectivity index (χ0v) is 14.4. The third kappa shape index (κ3) is 4.48. The van der Waals surface area contributed by atoms with Crippen LogP contribution in [-0.2, 0) is 13.2 Å². The van der Waals surface area contributed by atoms with Crippen LogP contribution < -0.4 is 15.2 Å². The maximum absolute atomic E-state index is 13.7. The Balaban J connectivity index is 1.67. The third-order valence-corrected chi connectivity index (χ3v) is 4.41. The van der Waals surface area contributed by atoms with Gasteiger partial charge in [0.05, 0.1) is 0 Å². The van der Waals surface area contributed by atoms with Crippen LogP contribution in [0.1, 0.15) is 16.7 Å². The quantitative estimate of drug-likeness (QED) is 0.666. The van der Waals surface area contributed by atoms with E-state index in [-0.39, 0.29) is 12.2 Å². The molecule has 3 nitrogen and oxygen atoms in total. The average molecular weight is 361 g/mol. The van der Waals surface area contributed by atoms with Gasteiger partial charge < -0.3 is 15.2 Å². The summed E-state index contributed by atoms with van der Waals surface area (Å²) in [7, 11) is 0. The summed E-state index contributed by atoms with van der Waals surface area (Å²) in [5.74, 6) is -0.0468. The van der Waals surface area contributed by atoms with Gasteiger partial charge in [-0.1, -0.05) is 0 Å². The Hall–Kier alpha value is -2.60. The number of thiophene rings is 1. The van der Waals surface area contributed by atoms with Gasteiger partial charge in [0.25, 0.3) is 0 Å². The first kappa shape index (κ1) is 17.2. The molecule has 0 saturated heterocycles. The van der Waals surface area contributed by atoms with Crippen molar-refractivity contribution in [1.29, 1.82) is 0 Å². The first-order valence-corrected chi connectivity index (χ1v) is 8.57. The number of benzene rings is 2. The molecule has 0 aliphatic rings. The van der Waals surface area contributed by atoms with Crippen molar-refractivity contribution in [2.24, 2.45) is 0 Å². The summed E-state index contributed by atoms with van der Waals surface area (Å²) in [5, 5.41) is 3.81. The van der Waals surface area contributed by atoms with Crippen molar-refractivity contribution >= 4 is 17.0 Å². The van der Waals surface area contributed by atoms with Gasteiger partial charge in [-0.25, -0.2) is 8.78 Å². The van der Waals surface area contributed by atoms with Crippen molar-refractivity contribution in [3.05, 3.63) is 75.5 Å². The molecule has 0 atom stereocenters. The molecule has 0 spiro atoms. The van der Waals surface area contributed by atoms with Gasteiger partial charge in [0.1, 0.15) is 36.3 Å². The molecule has 1 aromatic heterocycles. The second kappa shape index (κ2) is 7.53. The fourth-order valence-electron chi connectivity index (χ4n) is 2.29. The standard InChI is InChI=1S/C19H17F2NO2S/c1-12-4-16(23-8-13-2-3-15(20)6-18(13)21)7-17(5-12)24-9-14-10-25-11-19(14)22/h2-7,10-11H,8-9,22H2,1H3. The fraction of sp³-hybridized carbons (Fsp3) is 0.158. The molecule has 0 bridgehead atoms. The van der Waals surface area contributed by atoms with Gasteiger partial charge in [0.15, 0.2) is 0 Å². The number of nitrogen functional groups attached to an aromatic ring is 1. The van der Waals surface area contributed by atoms with E-state index in [9.17, 15) is 8.78 Å². The van der Waals surface area contributed by atoms with Gasteiger partial charge in [-0.3, -0.25) is 0 Å². The molecule has 0 amide bonds. The Labute approximate surface area is 148 Å². The largest absolute Gasteiger partial charge is 0.489 e. The van der Waals surface area contributed by atoms with Crippen LogP contribution in [0.3, 0.4) is 0 Å². The highest BCUT2D eigenvalue weighted by Gasteiger charge is 2.07. The average Bonchev–Trinajstić information content (AvgIpc) is 2.97. The van der Waals surface area contributed by atoms with Crippen LogP contribution in [0.25, 0.3) is 0 Å². The summed E-state index contributed by atoms with van der Waals surface area (Å²) in [6.07, 6.45) is 0. The number of halogens is 2. The lowest BCUT2D eigenvalue weighted by atomic mass is 10.2. The summed E-state index contributed by atoms with van der Waals surface area (Å²) in [6, 6.07) is 8.86. The van der Waals surface area contributed by atoms with Crippen LogP contribution in [0, 0.1) is 18.6 Å². The molecule has 0 radical (unpaired) electrons. The van der Waals surface area contributed by atoms with E-state index in [0.29, 0.717) is 23.8 Å². The SMILES string of the molecule is Cc1cc(OCc2cscc2N)cc(OCc2ccc(F)cc2F)c1. The molecule has 0 aliphatic carbocycles. The molecular formula is C19H17F2NO2S. The van der Waals surface area contributed by atoms with Gasteiger partial charge >= 0.3 is 0 Å². The summed E-state index contributed by atoms with van der Waals surface area (Å²) < 4.78 is 38.0. The van der Waals surface area contributed by atoms with Gasteiger partial charge in [0.2, 0.25) is 0 Å². The predicted octanol–water partition coefficient (Wildman–Crippen LogP) is 5.07. The highest BCUT2D eigenvalue weighted by molar-refractivity contribution is 7.08. The highest BCUT2D eigenvalue weighted by atomic mass is 32.1. The smallest absolute Gasteiger partial charge is 0.132 e. The summed E-state index contributed by atoms with van der Waals surface area (Å²) >= 11 is 1.52. The summed E-state index contributed by atoms with van der Waals surface area (Å²) in [5.41, 5.74) is 8.72. The van der Waals surface area contributed by atoms with Crippen molar-refractivity contribution in [3.8, 4) is 11.5 Å². The summed E-state index contributed by atoms with van der Waals surface area (Å²) in [6.45, 7) is 2.29. The van der Waals surface area contributed by atoms with Crippen LogP contribution in [-0.4, -0.2) is 0 Å². The lowest BCUT2D eigenvalue weighted by molar-refractivity contribution is 0.286. The summed E-state index contributed by atoms with van der Waals surface area (Å²) in [4.78, 5) is 0. The zero-order chi connectivity index (χ0) is 17.8. The van der Waals surface area contributed by atoms with Gasteiger partial charge in [0, 0.05) is 34.3 Å². The molecule has 2 aromatic carbocycles. The van der Waals surface area contributed by atoms with E-state index < -0.39 is 11.6 Å². The molecule has 0 unspecified atom stereocenters. The molecule has 3 aromatic rings. The predicted molar refractivity (Wildman–Crippen MR) is 94.9 cm³/mol. The molecule has 2 N–H and O–H groups in total. The van der Waals surface area contributed by atoms with Gasteiger partial charge in [-0.2, -0.15) is 0 Å². The molecule has 0 saturated carbocycles. The lowest BCUT2D eigenvalue weighted by Crippen LogP contribution is -2.01. The van der Waals surface area contributed by atoms with Crippen LogP contribution in [0.2, 0.25) is 0 Å². The molecule has 0 aliphatic heterocycles. The lowest BCUT2D eigenvalue weighted by Gasteiger charge is -2.11. The van der Waals surface area contributed by atoms with E-state index in [4.69, 9.17) is 15.2 Å². The minimum atomic E-state index is -0.628. The van der Waals surface area contributed by atoms with E-state index in [1.165, 1.54) is 23.5 Å². The number of aryl methyl sites for hydroxylation is 1. The van der Waals surface area contributed by atoms with Crippen LogP contribution >= 0.6 is 11.3 Å². The molecule has 25 heavy (non-hydrogen) atoms. The molecule has 1 heterocycles. The maximum atomic E-state index is 13.7. The van der Waals surface area contributed by atoms with Gasteiger partial charge in [-0.05, 0) is 42.1 Å². The number of anilines is 1. The fourth-order valence-corrected chi connectivity index (χ4v) is 3.03. The maximum Gasteiger partial charge on any atom is 0.132 e. The zero-order valence-electron chi connectivity index (χ0n) is 13.6. The van der Waals surface area contributed by atoms with Crippen LogP contribution in [0.15, 0.2) is 47.2 Å². The minimum Gasteiger partial charge on any atom is -0.489 e. The van der Waals surface area contributed by atoms with E-state index in [1.54, 1.807) is 6.07 Å². The van der Waals surface area contributed by atoms with E-state index >= 15 is 0 Å². The Kier molecular flexibility index (Phi) is 5.19. The monoisotopic (exact) mass is 361 g/mol. The van der Waals surface area contributed by atoms with E-state index in [0.717, 1.165) is 17.2 Å². The number of nitrogens with two attached hydrogens (primary N) is 1.